The van der Waals surface area contributed by atoms with Gasteiger partial charge in [0, 0.05) is 18.0 Å². The minimum Gasteiger partial charge on any atom is -0.493 e. The molecule has 0 unspecified atom stereocenters. The number of carbonyl (C=O) groups is 2. The van der Waals surface area contributed by atoms with E-state index in [9.17, 15) is 9.59 Å². The lowest BCUT2D eigenvalue weighted by molar-refractivity contribution is -0.137. The van der Waals surface area contributed by atoms with Crippen molar-refractivity contribution in [3.05, 3.63) is 22.9 Å². The number of nitrogens with zero attached hydrogens (tertiary/aromatic N) is 2. The molecule has 4 heterocycles. The minimum absolute atomic E-state index is 0.00853. The Balaban J connectivity index is 1.69. The molecule has 0 aromatic heterocycles. The number of rotatable bonds is 6. The maximum Gasteiger partial charge on any atom is 0.419 e. The monoisotopic (exact) mass is 616 g/mol. The van der Waals surface area contributed by atoms with Crippen LogP contribution in [0.1, 0.15) is 31.7 Å². The van der Waals surface area contributed by atoms with Crippen molar-refractivity contribution >= 4 is 52.6 Å². The van der Waals surface area contributed by atoms with Crippen LogP contribution in [-0.2, 0) is 24.4 Å². The van der Waals surface area contributed by atoms with Gasteiger partial charge in [-0.25, -0.2) is 14.5 Å². The average Bonchev–Trinajstić information content (AvgIpc) is 3.55. The number of methoxy groups -OCH3 is 4. The average molecular weight is 618 g/mol. The van der Waals surface area contributed by atoms with E-state index in [1.165, 1.54) is 26.2 Å². The van der Waals surface area contributed by atoms with Crippen molar-refractivity contribution in [2.75, 3.05) is 53.0 Å². The number of halogens is 3. The number of carbonyl (C=O) groups excluding carboxylic acids is 2. The van der Waals surface area contributed by atoms with E-state index in [1.807, 2.05) is 6.07 Å². The van der Waals surface area contributed by atoms with Gasteiger partial charge in [-0.1, -0.05) is 41.7 Å². The third kappa shape index (κ3) is 3.62. The van der Waals surface area contributed by atoms with Gasteiger partial charge in [-0.3, -0.25) is 4.90 Å². The van der Waals surface area contributed by atoms with Crippen LogP contribution in [0.2, 0.25) is 0 Å². The summed E-state index contributed by atoms with van der Waals surface area (Å²) in [5.74, 6) is 0.473. The first-order valence-electron chi connectivity index (χ1n) is 13.1. The lowest BCUT2D eigenvalue weighted by atomic mass is 9.53. The van der Waals surface area contributed by atoms with E-state index in [0.717, 1.165) is 25.1 Å². The van der Waals surface area contributed by atoms with Crippen LogP contribution in [-0.4, -0.2) is 87.1 Å². The maximum atomic E-state index is 14.0. The number of epoxide rings is 1. The van der Waals surface area contributed by atoms with Gasteiger partial charge in [-0.05, 0) is 37.4 Å². The molecular formula is C27H31Cl3N2O8. The Kier molecular flexibility index (Phi) is 6.63. The molecule has 1 aromatic carbocycles. The molecule has 0 saturated carbocycles. The van der Waals surface area contributed by atoms with Crippen molar-refractivity contribution < 1.29 is 38.0 Å². The molecule has 4 aliphatic heterocycles. The molecule has 10 nitrogen and oxygen atoms in total. The molecule has 3 fully saturated rings. The SMILES string of the molecule is CC[C@@]12CC(C(=O)OC)=C3N(C(=O)OCC(Cl)(Cl)Cl)c4c(cc(OC)c(OC)c4OC)[C@@]34CCN(C[C@H]3O[C@H]31)[C@@H]24. The molecule has 5 aliphatic rings. The Morgan fingerprint density at radius 1 is 1.12 bits per heavy atom. The molecule has 0 bridgehead atoms. The van der Waals surface area contributed by atoms with E-state index in [0.29, 0.717) is 41.3 Å². The fraction of sp³-hybridized carbons (Fsp3) is 0.630. The van der Waals surface area contributed by atoms with Gasteiger partial charge >= 0.3 is 12.1 Å². The van der Waals surface area contributed by atoms with Crippen LogP contribution in [0.5, 0.6) is 17.2 Å². The first-order valence-corrected chi connectivity index (χ1v) is 14.2. The fourth-order valence-electron chi connectivity index (χ4n) is 8.01. The van der Waals surface area contributed by atoms with Gasteiger partial charge < -0.3 is 28.4 Å². The third-order valence-electron chi connectivity index (χ3n) is 9.31. The molecule has 1 spiro atoms. The van der Waals surface area contributed by atoms with Gasteiger partial charge in [0.2, 0.25) is 9.54 Å². The minimum atomic E-state index is -1.84. The summed E-state index contributed by atoms with van der Waals surface area (Å²) in [6, 6.07) is 1.80. The summed E-state index contributed by atoms with van der Waals surface area (Å²) < 4.78 is 32.6. The molecule has 6 rings (SSSR count). The number of piperidine rings is 1. The number of ether oxygens (including phenoxy) is 6. The van der Waals surface area contributed by atoms with Crippen LogP contribution >= 0.6 is 34.8 Å². The number of amides is 1. The Morgan fingerprint density at radius 3 is 2.45 bits per heavy atom. The highest BCUT2D eigenvalue weighted by Crippen LogP contribution is 2.71. The summed E-state index contributed by atoms with van der Waals surface area (Å²) in [7, 11) is 5.86. The smallest absolute Gasteiger partial charge is 0.419 e. The van der Waals surface area contributed by atoms with Crippen molar-refractivity contribution in [3.63, 3.8) is 0 Å². The number of benzene rings is 1. The van der Waals surface area contributed by atoms with Gasteiger partial charge in [0.25, 0.3) is 0 Å². The Hall–Kier alpha value is -2.11. The predicted molar refractivity (Wildman–Crippen MR) is 147 cm³/mol. The molecular weight excluding hydrogens is 587 g/mol. The van der Waals surface area contributed by atoms with Crippen LogP contribution in [0.3, 0.4) is 0 Å². The van der Waals surface area contributed by atoms with Crippen LogP contribution in [0.25, 0.3) is 0 Å². The zero-order valence-corrected chi connectivity index (χ0v) is 25.1. The number of hydrogen-bond donors (Lipinski definition) is 0. The number of hydrogen-bond acceptors (Lipinski definition) is 9. The highest BCUT2D eigenvalue weighted by Gasteiger charge is 2.75. The van der Waals surface area contributed by atoms with Gasteiger partial charge in [0.15, 0.2) is 11.5 Å². The largest absolute Gasteiger partial charge is 0.493 e. The van der Waals surface area contributed by atoms with Crippen molar-refractivity contribution in [1.29, 1.82) is 0 Å². The lowest BCUT2D eigenvalue weighted by Crippen LogP contribution is -2.63. The molecule has 1 aromatic rings. The number of fused-ring (bicyclic) bond motifs is 3. The Labute approximate surface area is 247 Å². The molecule has 13 heteroatoms. The molecule has 1 aliphatic carbocycles. The standard InChI is InChI=1S/C27H31Cl3N2O8/c1-6-25-10-13(22(33)38-5)20-26(7-8-31(23(25)26)11-16-21(25)40-16)14-9-15(35-2)18(36-3)19(37-4)17(14)32(20)24(34)39-12-27(28,29)30/h9,16,21,23H,6-8,10-12H2,1-5H3/t16-,21-,23+,25-,26+/m1/s1. The lowest BCUT2D eigenvalue weighted by Gasteiger charge is -2.54. The summed E-state index contributed by atoms with van der Waals surface area (Å²) in [6.45, 7) is 3.14. The maximum absolute atomic E-state index is 14.0. The van der Waals surface area contributed by atoms with E-state index < -0.39 is 27.9 Å². The highest BCUT2D eigenvalue weighted by molar-refractivity contribution is 6.67. The van der Waals surface area contributed by atoms with Gasteiger partial charge in [-0.15, -0.1) is 0 Å². The van der Waals surface area contributed by atoms with Gasteiger partial charge in [0.1, 0.15) is 12.3 Å². The molecule has 218 valence electrons. The first kappa shape index (κ1) is 28.0. The normalized spacial score (nSPS) is 31.6. The van der Waals surface area contributed by atoms with Crippen molar-refractivity contribution in [3.8, 4) is 17.2 Å². The summed E-state index contributed by atoms with van der Waals surface area (Å²) in [5.41, 5.74) is 0.859. The van der Waals surface area contributed by atoms with Crippen LogP contribution in [0, 0.1) is 5.41 Å². The van der Waals surface area contributed by atoms with E-state index in [1.54, 1.807) is 7.11 Å². The van der Waals surface area contributed by atoms with Crippen LogP contribution in [0.4, 0.5) is 10.5 Å². The molecule has 3 saturated heterocycles. The number of alkyl halides is 3. The third-order valence-corrected chi connectivity index (χ3v) is 9.64. The first-order chi connectivity index (χ1) is 19.0. The second kappa shape index (κ2) is 9.46. The molecule has 40 heavy (non-hydrogen) atoms. The molecule has 1 amide bonds. The van der Waals surface area contributed by atoms with Crippen LogP contribution < -0.4 is 19.1 Å². The molecule has 0 N–H and O–H groups in total. The van der Waals surface area contributed by atoms with E-state index in [-0.39, 0.29) is 29.4 Å². The molecule has 5 atom stereocenters. The second-order valence-corrected chi connectivity index (χ2v) is 13.4. The second-order valence-electron chi connectivity index (χ2n) is 10.8. The zero-order chi connectivity index (χ0) is 28.8. The van der Waals surface area contributed by atoms with Crippen molar-refractivity contribution in [2.45, 2.75) is 53.6 Å². The van der Waals surface area contributed by atoms with Crippen molar-refractivity contribution in [1.82, 2.24) is 4.90 Å². The Bertz CT molecular complexity index is 1320. The molecule has 0 radical (unpaired) electrons. The highest BCUT2D eigenvalue weighted by atomic mass is 35.6. The van der Waals surface area contributed by atoms with Gasteiger partial charge in [-0.2, -0.15) is 0 Å². The quantitative estimate of drug-likeness (QED) is 0.262. The Morgan fingerprint density at radius 2 is 1.85 bits per heavy atom. The van der Waals surface area contributed by atoms with E-state index in [2.05, 4.69) is 11.8 Å². The zero-order valence-electron chi connectivity index (χ0n) is 22.8. The fourth-order valence-corrected chi connectivity index (χ4v) is 8.17. The summed E-state index contributed by atoms with van der Waals surface area (Å²) in [6.07, 6.45) is 1.06. The van der Waals surface area contributed by atoms with Crippen LogP contribution in [0.15, 0.2) is 17.3 Å². The summed E-state index contributed by atoms with van der Waals surface area (Å²) >= 11 is 17.8. The summed E-state index contributed by atoms with van der Waals surface area (Å²) in [4.78, 5) is 31.5. The summed E-state index contributed by atoms with van der Waals surface area (Å²) in [5, 5.41) is 0. The number of esters is 1. The van der Waals surface area contributed by atoms with Crippen molar-refractivity contribution in [2.24, 2.45) is 5.41 Å². The number of anilines is 1. The van der Waals surface area contributed by atoms with Gasteiger partial charge in [0.05, 0.1) is 57.3 Å². The predicted octanol–water partition coefficient (Wildman–Crippen LogP) is 4.36. The van der Waals surface area contributed by atoms with E-state index in [4.69, 9.17) is 63.2 Å². The topological polar surface area (TPSA) is 99.3 Å². The van der Waals surface area contributed by atoms with E-state index >= 15 is 0 Å².